The van der Waals surface area contributed by atoms with Gasteiger partial charge in [-0.2, -0.15) is 0 Å². The molecule has 0 radical (unpaired) electrons. The summed E-state index contributed by atoms with van der Waals surface area (Å²) in [6.45, 7) is 0. The van der Waals surface area contributed by atoms with Crippen LogP contribution in [0, 0.1) is 0 Å². The molecule has 0 aliphatic heterocycles. The van der Waals surface area contributed by atoms with Crippen LogP contribution in [0.4, 0.5) is 0 Å². The van der Waals surface area contributed by atoms with Crippen LogP contribution < -0.4 is 0 Å². The molecule has 59 heavy (non-hydrogen) atoms. The van der Waals surface area contributed by atoms with E-state index < -0.39 is 81.3 Å². The molecule has 0 rings (SSSR count). The zero-order valence-electron chi connectivity index (χ0n) is 24.6. The smallest absolute Gasteiger partial charge is 0.0946 e. The van der Waals surface area contributed by atoms with Crippen LogP contribution in [0.1, 0.15) is 0 Å². The molecule has 0 aromatic heterocycles. The molecule has 0 aliphatic carbocycles. The predicted molar refractivity (Wildman–Crippen MR) is 286 cm³/mol. The summed E-state index contributed by atoms with van der Waals surface area (Å²) >= 11 is 254. The van der Waals surface area contributed by atoms with Crippen molar-refractivity contribution in [3.63, 3.8) is 0 Å². The molecule has 0 fully saturated rings. The summed E-state index contributed by atoms with van der Waals surface area (Å²) in [5, 5.41) is 0. The first-order chi connectivity index (χ1) is 24.5. The molecule has 0 atom stereocenters. The number of rotatable bonds is 16. The Balaban J connectivity index is 7.92. The van der Waals surface area contributed by atoms with E-state index in [1.807, 2.05) is 0 Å². The average Bonchev–Trinajstić information content (AvgIpc) is 2.98. The van der Waals surface area contributed by atoms with Gasteiger partial charge in [-0.05, 0) is 0 Å². The molecular formula is C19Cl40. The molecule has 40 heteroatoms. The van der Waals surface area contributed by atoms with Crippen LogP contribution in [0.25, 0.3) is 0 Å². The van der Waals surface area contributed by atoms with Crippen molar-refractivity contribution in [1.29, 1.82) is 0 Å². The summed E-state index contributed by atoms with van der Waals surface area (Å²) < 4.78 is -66.0. The molecule has 0 heterocycles. The van der Waals surface area contributed by atoms with E-state index >= 15 is 0 Å². The van der Waals surface area contributed by atoms with E-state index in [1.165, 1.54) is 0 Å². The zero-order chi connectivity index (χ0) is 49.5. The minimum Gasteiger partial charge on any atom is -0.0946 e. The molecule has 0 spiro atoms. The van der Waals surface area contributed by atoms with E-state index in [9.17, 15) is 0 Å². The Bertz CT molecular complexity index is 1410. The van der Waals surface area contributed by atoms with E-state index in [0.29, 0.717) is 0 Å². The van der Waals surface area contributed by atoms with E-state index in [4.69, 9.17) is 464 Å². The maximum absolute atomic E-state index is 6.59. The Morgan fingerprint density at radius 2 is 0.136 bits per heavy atom. The van der Waals surface area contributed by atoms with Crippen molar-refractivity contribution in [3.05, 3.63) is 0 Å². The van der Waals surface area contributed by atoms with Gasteiger partial charge in [-0.3, -0.25) is 0 Å². The van der Waals surface area contributed by atoms with Crippen LogP contribution in [0.3, 0.4) is 0 Å². The molecule has 0 saturated carbocycles. The molecular weight excluding hydrogens is 1650 g/mol. The molecule has 0 bridgehead atoms. The van der Waals surface area contributed by atoms with Crippen molar-refractivity contribution in [2.45, 2.75) is 81.3 Å². The molecule has 356 valence electrons. The minimum absolute atomic E-state index is 2.88. The number of halogens is 40. The maximum atomic E-state index is 6.59. The van der Waals surface area contributed by atoms with Crippen molar-refractivity contribution in [2.24, 2.45) is 0 Å². The first-order valence-electron chi connectivity index (χ1n) is 12.1. The SMILES string of the molecule is ClC(Cl)(Cl)C(Cl)(Cl)C(Cl)(Cl)C(Cl)(Cl)C(Cl)(Cl)C(Cl)(Cl)C(Cl)(Cl)C(Cl)(Cl)C(Cl)(Cl)C(Cl)(Cl)C(Cl)(Cl)C(Cl)(Cl)C(Cl)(Cl)C(Cl)(Cl)C(Cl)(Cl)C(Cl)(Cl)C(Cl)(Cl)C(Cl)(Cl)C(Cl)(Cl)Cl. The Morgan fingerprint density at radius 1 is 0.0847 bits per heavy atom. The lowest BCUT2D eigenvalue weighted by Crippen LogP contribution is -2.76. The maximum Gasteiger partial charge on any atom is 0.226 e. The Labute approximate surface area is 535 Å². The largest absolute Gasteiger partial charge is 0.226 e. The minimum atomic E-state index is -3.75. The fraction of sp³-hybridized carbons (Fsp3) is 1.00. The normalized spacial score (nSPS) is 17.5. The third-order valence-corrected chi connectivity index (χ3v) is 35.4. The third-order valence-electron chi connectivity index (χ3n) is 7.02. The quantitative estimate of drug-likeness (QED) is 0.135. The topological polar surface area (TPSA) is 0 Å². The summed E-state index contributed by atoms with van der Waals surface area (Å²) in [6.07, 6.45) is 0. The Hall–Kier alpha value is 11.6. The molecule has 0 amide bonds. The fourth-order valence-corrected chi connectivity index (χ4v) is 16.7. The summed E-state index contributed by atoms with van der Waals surface area (Å²) in [4.78, 5) is 0. The van der Waals surface area contributed by atoms with Crippen LogP contribution >= 0.6 is 464 Å². The highest BCUT2D eigenvalue weighted by molar-refractivity contribution is 6.87. The Kier molecular flexibility index (Phi) is 24.8. The van der Waals surface area contributed by atoms with Gasteiger partial charge in [-0.15, -0.1) is 0 Å². The van der Waals surface area contributed by atoms with Crippen LogP contribution in [0.5, 0.6) is 0 Å². The number of alkyl halides is 40. The van der Waals surface area contributed by atoms with Gasteiger partial charge >= 0.3 is 0 Å². The van der Waals surface area contributed by atoms with Gasteiger partial charge in [-0.1, -0.05) is 464 Å². The molecule has 0 aromatic carbocycles. The zero-order valence-corrected chi connectivity index (χ0v) is 54.9. The van der Waals surface area contributed by atoms with E-state index in [2.05, 4.69) is 0 Å². The van der Waals surface area contributed by atoms with Gasteiger partial charge in [0.2, 0.25) is 16.3 Å². The van der Waals surface area contributed by atoms with Crippen LogP contribution in [0.15, 0.2) is 0 Å². The molecule has 0 saturated heterocycles. The number of hydrogen-bond acceptors (Lipinski definition) is 0. The molecule has 0 aromatic rings. The van der Waals surface area contributed by atoms with Crippen molar-refractivity contribution in [1.82, 2.24) is 0 Å². The lowest BCUT2D eigenvalue weighted by Gasteiger charge is -2.59. The van der Waals surface area contributed by atoms with Gasteiger partial charge in [0.25, 0.3) is 0 Å². The summed E-state index contributed by atoms with van der Waals surface area (Å²) in [5.74, 6) is 0. The van der Waals surface area contributed by atoms with Crippen LogP contribution in [-0.2, 0) is 0 Å². The Morgan fingerprint density at radius 3 is 0.186 bits per heavy atom. The summed E-state index contributed by atoms with van der Waals surface area (Å²) in [6, 6.07) is 0. The lowest BCUT2D eigenvalue weighted by atomic mass is 9.96. The number of hydrogen-bond donors (Lipinski definition) is 0. The van der Waals surface area contributed by atoms with Gasteiger partial charge in [0, 0.05) is 0 Å². The second-order valence-corrected chi connectivity index (χ2v) is 37.9. The highest BCUT2D eigenvalue weighted by atomic mass is 35.6. The van der Waals surface area contributed by atoms with Crippen LogP contribution in [0.2, 0.25) is 0 Å². The third kappa shape index (κ3) is 10.6. The van der Waals surface area contributed by atoms with E-state index in [1.54, 1.807) is 0 Å². The average molecular weight is 1650 g/mol. The van der Waals surface area contributed by atoms with Crippen molar-refractivity contribution < 1.29 is 0 Å². The fourth-order valence-electron chi connectivity index (χ4n) is 3.31. The first-order valence-corrected chi connectivity index (χ1v) is 27.2. The predicted octanol–water partition coefficient (Wildman–Crippen LogP) is 23.7. The summed E-state index contributed by atoms with van der Waals surface area (Å²) in [5.41, 5.74) is 0. The van der Waals surface area contributed by atoms with Gasteiger partial charge in [0.05, 0.1) is 0 Å². The highest BCUT2D eigenvalue weighted by Crippen LogP contribution is 2.79. The first kappa shape index (κ1) is 70.6. The van der Waals surface area contributed by atoms with Crippen molar-refractivity contribution >= 4 is 464 Å². The van der Waals surface area contributed by atoms with Gasteiger partial charge in [0.1, 0.15) is 0 Å². The monoisotopic (exact) mass is 1630 g/mol. The second-order valence-electron chi connectivity index (χ2n) is 10.8. The van der Waals surface area contributed by atoms with Gasteiger partial charge in [0.15, 0.2) is 65.0 Å². The molecule has 0 nitrogen and oxygen atoms in total. The molecule has 0 N–H and O–H groups in total. The van der Waals surface area contributed by atoms with Crippen LogP contribution in [-0.4, -0.2) is 81.3 Å². The van der Waals surface area contributed by atoms with Gasteiger partial charge < -0.3 is 0 Å². The summed E-state index contributed by atoms with van der Waals surface area (Å²) in [7, 11) is 0. The molecule has 0 aliphatic rings. The molecule has 0 unspecified atom stereocenters. The van der Waals surface area contributed by atoms with Gasteiger partial charge in [-0.25, -0.2) is 0 Å². The standard InChI is InChI=1S/C19Cl40/c20-1(21,2(22,23)4(26,27)6(30,31)8(34,35)10(38,39)12(42,43)14(46,47)16(50,51)18(54,55)56)3(24,25)5(28,29)7(32,33)9(36,37)11(40,41)13(44,45)15(48,49)17(52,53)19(57,58)59. The van der Waals surface area contributed by atoms with E-state index in [0.717, 1.165) is 0 Å². The van der Waals surface area contributed by atoms with Crippen molar-refractivity contribution in [2.75, 3.05) is 0 Å². The van der Waals surface area contributed by atoms with Crippen molar-refractivity contribution in [3.8, 4) is 0 Å². The second kappa shape index (κ2) is 20.8. The van der Waals surface area contributed by atoms with E-state index in [-0.39, 0.29) is 0 Å². The lowest BCUT2D eigenvalue weighted by molar-refractivity contribution is 0.390. The highest BCUT2D eigenvalue weighted by Gasteiger charge is 2.88.